The first-order valence-electron chi connectivity index (χ1n) is 4.62. The van der Waals surface area contributed by atoms with Crippen molar-refractivity contribution in [2.24, 2.45) is 5.92 Å². The molecule has 0 aromatic heterocycles. The van der Waals surface area contributed by atoms with Gasteiger partial charge in [0.2, 0.25) is 0 Å². The molecule has 0 saturated carbocycles. The van der Waals surface area contributed by atoms with E-state index < -0.39 is 0 Å². The summed E-state index contributed by atoms with van der Waals surface area (Å²) in [6.07, 6.45) is 0. The van der Waals surface area contributed by atoms with E-state index in [4.69, 9.17) is 23.2 Å². The van der Waals surface area contributed by atoms with E-state index in [1.807, 2.05) is 24.3 Å². The molecule has 14 heavy (non-hydrogen) atoms. The average Bonchev–Trinajstić information content (AvgIpc) is 2.07. The SMILES string of the molecule is C=C(Cl)C(c1ccc(Cl)cc1)C(C)C. The van der Waals surface area contributed by atoms with E-state index in [1.54, 1.807) is 0 Å². The molecular weight excluding hydrogens is 215 g/mol. The van der Waals surface area contributed by atoms with Crippen LogP contribution in [0.5, 0.6) is 0 Å². The Morgan fingerprint density at radius 2 is 1.71 bits per heavy atom. The second kappa shape index (κ2) is 4.86. The van der Waals surface area contributed by atoms with Crippen LogP contribution in [0.2, 0.25) is 5.02 Å². The van der Waals surface area contributed by atoms with Crippen LogP contribution < -0.4 is 0 Å². The summed E-state index contributed by atoms with van der Waals surface area (Å²) in [5, 5.41) is 1.43. The maximum Gasteiger partial charge on any atom is 0.0406 e. The number of allylic oxidation sites excluding steroid dienone is 1. The Morgan fingerprint density at radius 1 is 1.21 bits per heavy atom. The molecule has 0 aliphatic carbocycles. The van der Waals surface area contributed by atoms with E-state index in [0.29, 0.717) is 11.0 Å². The van der Waals surface area contributed by atoms with Crippen molar-refractivity contribution in [3.63, 3.8) is 0 Å². The van der Waals surface area contributed by atoms with Gasteiger partial charge in [0.1, 0.15) is 0 Å². The van der Waals surface area contributed by atoms with Crippen molar-refractivity contribution in [3.05, 3.63) is 46.5 Å². The Kier molecular flexibility index (Phi) is 4.03. The fraction of sp³-hybridized carbons (Fsp3) is 0.333. The normalized spacial score (nSPS) is 12.9. The molecule has 1 unspecified atom stereocenters. The van der Waals surface area contributed by atoms with E-state index in [1.165, 1.54) is 5.56 Å². The zero-order chi connectivity index (χ0) is 10.7. The number of hydrogen-bond acceptors (Lipinski definition) is 0. The third kappa shape index (κ3) is 2.76. The van der Waals surface area contributed by atoms with Crippen molar-refractivity contribution in [1.82, 2.24) is 0 Å². The van der Waals surface area contributed by atoms with Gasteiger partial charge in [0.25, 0.3) is 0 Å². The molecule has 1 atom stereocenters. The predicted octanol–water partition coefficient (Wildman–Crippen LogP) is 4.83. The molecule has 2 heteroatoms. The fourth-order valence-corrected chi connectivity index (χ4v) is 2.10. The Labute approximate surface area is 95.5 Å². The Balaban J connectivity index is 3.00. The molecule has 0 nitrogen and oxygen atoms in total. The largest absolute Gasteiger partial charge is 0.0891 e. The van der Waals surface area contributed by atoms with Gasteiger partial charge in [-0.1, -0.05) is 55.8 Å². The van der Waals surface area contributed by atoms with E-state index in [2.05, 4.69) is 20.4 Å². The van der Waals surface area contributed by atoms with Gasteiger partial charge in [-0.2, -0.15) is 0 Å². The van der Waals surface area contributed by atoms with Crippen LogP contribution in [-0.2, 0) is 0 Å². The molecule has 1 aromatic carbocycles. The lowest BCUT2D eigenvalue weighted by Crippen LogP contribution is -2.06. The van der Waals surface area contributed by atoms with Gasteiger partial charge >= 0.3 is 0 Å². The van der Waals surface area contributed by atoms with Crippen LogP contribution in [-0.4, -0.2) is 0 Å². The molecule has 0 bridgehead atoms. The number of benzene rings is 1. The van der Waals surface area contributed by atoms with E-state index in [0.717, 1.165) is 5.02 Å². The van der Waals surface area contributed by atoms with Crippen molar-refractivity contribution < 1.29 is 0 Å². The van der Waals surface area contributed by atoms with Crippen molar-refractivity contribution in [1.29, 1.82) is 0 Å². The summed E-state index contributed by atoms with van der Waals surface area (Å²) < 4.78 is 0. The van der Waals surface area contributed by atoms with Crippen molar-refractivity contribution in [2.75, 3.05) is 0 Å². The summed E-state index contributed by atoms with van der Waals surface area (Å²) in [4.78, 5) is 0. The van der Waals surface area contributed by atoms with Gasteiger partial charge in [-0.25, -0.2) is 0 Å². The number of halogens is 2. The van der Waals surface area contributed by atoms with Gasteiger partial charge in [0.15, 0.2) is 0 Å². The molecule has 0 N–H and O–H groups in total. The highest BCUT2D eigenvalue weighted by Gasteiger charge is 2.17. The Hall–Kier alpha value is -0.460. The number of hydrogen-bond donors (Lipinski definition) is 0. The van der Waals surface area contributed by atoms with Crippen LogP contribution in [0.15, 0.2) is 35.9 Å². The summed E-state index contributed by atoms with van der Waals surface area (Å²) >= 11 is 11.8. The second-order valence-corrected chi connectivity index (χ2v) is 4.64. The first kappa shape index (κ1) is 11.6. The van der Waals surface area contributed by atoms with Crippen LogP contribution in [0.1, 0.15) is 25.3 Å². The minimum atomic E-state index is 0.203. The molecular formula is C12H14Cl2. The number of rotatable bonds is 3. The summed E-state index contributed by atoms with van der Waals surface area (Å²) in [6.45, 7) is 8.07. The third-order valence-electron chi connectivity index (χ3n) is 2.23. The van der Waals surface area contributed by atoms with Gasteiger partial charge in [0.05, 0.1) is 0 Å². The third-order valence-corrected chi connectivity index (χ3v) is 2.72. The topological polar surface area (TPSA) is 0 Å². The maximum absolute atomic E-state index is 5.99. The molecule has 0 heterocycles. The van der Waals surface area contributed by atoms with Crippen LogP contribution in [0.25, 0.3) is 0 Å². The molecule has 0 amide bonds. The highest BCUT2D eigenvalue weighted by molar-refractivity contribution is 6.30. The Bertz CT molecular complexity index is 312. The Morgan fingerprint density at radius 3 is 2.07 bits per heavy atom. The van der Waals surface area contributed by atoms with Crippen LogP contribution in [0, 0.1) is 5.92 Å². The molecule has 1 rings (SSSR count). The van der Waals surface area contributed by atoms with Crippen molar-refractivity contribution in [3.8, 4) is 0 Å². The summed E-state index contributed by atoms with van der Waals surface area (Å²) in [5.74, 6) is 0.648. The first-order chi connectivity index (χ1) is 6.52. The first-order valence-corrected chi connectivity index (χ1v) is 5.37. The summed E-state index contributed by atoms with van der Waals surface area (Å²) in [6, 6.07) is 7.76. The van der Waals surface area contributed by atoms with Crippen LogP contribution >= 0.6 is 23.2 Å². The van der Waals surface area contributed by atoms with Gasteiger partial charge in [-0.05, 0) is 23.6 Å². The smallest absolute Gasteiger partial charge is 0.0406 e. The second-order valence-electron chi connectivity index (χ2n) is 3.72. The van der Waals surface area contributed by atoms with Gasteiger partial charge in [-0.3, -0.25) is 0 Å². The molecule has 0 aliphatic rings. The summed E-state index contributed by atoms with van der Waals surface area (Å²) in [5.41, 5.74) is 1.17. The standard InChI is InChI=1S/C12H14Cl2/c1-8(2)12(9(3)13)10-4-6-11(14)7-5-10/h4-8,12H,3H2,1-2H3. The zero-order valence-electron chi connectivity index (χ0n) is 8.43. The molecule has 0 aliphatic heterocycles. The van der Waals surface area contributed by atoms with Crippen LogP contribution in [0.3, 0.4) is 0 Å². The molecule has 0 spiro atoms. The van der Waals surface area contributed by atoms with Crippen molar-refractivity contribution in [2.45, 2.75) is 19.8 Å². The lowest BCUT2D eigenvalue weighted by atomic mass is 9.88. The summed E-state index contributed by atoms with van der Waals surface area (Å²) in [7, 11) is 0. The molecule has 0 saturated heterocycles. The average molecular weight is 229 g/mol. The lowest BCUT2D eigenvalue weighted by molar-refractivity contribution is 0.572. The highest BCUT2D eigenvalue weighted by Crippen LogP contribution is 2.33. The molecule has 76 valence electrons. The fourth-order valence-electron chi connectivity index (χ4n) is 1.60. The quantitative estimate of drug-likeness (QED) is 0.696. The lowest BCUT2D eigenvalue weighted by Gasteiger charge is -2.20. The minimum Gasteiger partial charge on any atom is -0.0891 e. The monoisotopic (exact) mass is 228 g/mol. The van der Waals surface area contributed by atoms with E-state index in [9.17, 15) is 0 Å². The molecule has 1 aromatic rings. The van der Waals surface area contributed by atoms with Gasteiger partial charge in [0, 0.05) is 16.0 Å². The van der Waals surface area contributed by atoms with E-state index >= 15 is 0 Å². The van der Waals surface area contributed by atoms with Gasteiger partial charge in [-0.15, -0.1) is 0 Å². The predicted molar refractivity (Wildman–Crippen MR) is 64.0 cm³/mol. The zero-order valence-corrected chi connectivity index (χ0v) is 9.94. The minimum absolute atomic E-state index is 0.203. The van der Waals surface area contributed by atoms with Gasteiger partial charge < -0.3 is 0 Å². The molecule has 0 fully saturated rings. The molecule has 0 radical (unpaired) electrons. The maximum atomic E-state index is 5.99. The highest BCUT2D eigenvalue weighted by atomic mass is 35.5. The van der Waals surface area contributed by atoms with Crippen molar-refractivity contribution >= 4 is 23.2 Å². The van der Waals surface area contributed by atoms with E-state index in [-0.39, 0.29) is 5.92 Å². The van der Waals surface area contributed by atoms with Crippen LogP contribution in [0.4, 0.5) is 0 Å².